The van der Waals surface area contributed by atoms with Crippen molar-refractivity contribution in [3.05, 3.63) is 0 Å². The Hall–Kier alpha value is -0.160. The average Bonchev–Trinajstić information content (AvgIpc) is 2.39. The molecule has 2 heterocycles. The first-order valence-electron chi connectivity index (χ1n) is 6.79. The Bertz CT molecular complexity index is 253. The van der Waals surface area contributed by atoms with Crippen LogP contribution in [0.2, 0.25) is 0 Å². The molecule has 2 aliphatic rings. The normalized spacial score (nSPS) is 40.4. The fourth-order valence-electron chi connectivity index (χ4n) is 3.35. The van der Waals surface area contributed by atoms with Crippen molar-refractivity contribution >= 4 is 0 Å². The maximum atomic E-state index is 10.8. The molecule has 0 bridgehead atoms. The van der Waals surface area contributed by atoms with E-state index in [9.17, 15) is 10.2 Å². The molecule has 2 N–H and O–H groups in total. The summed E-state index contributed by atoms with van der Waals surface area (Å²) in [5.74, 6) is 0. The first-order valence-corrected chi connectivity index (χ1v) is 6.79. The van der Waals surface area contributed by atoms with Gasteiger partial charge in [-0.25, -0.2) is 0 Å². The molecule has 0 radical (unpaired) electrons. The minimum absolute atomic E-state index is 0.0589. The molecule has 2 unspecified atom stereocenters. The summed E-state index contributed by atoms with van der Waals surface area (Å²) < 4.78 is 5.45. The minimum Gasteiger partial charge on any atom is -0.396 e. The first-order chi connectivity index (χ1) is 8.16. The van der Waals surface area contributed by atoms with Crippen LogP contribution in [0.1, 0.15) is 32.6 Å². The fraction of sp³-hybridized carbons (Fsp3) is 1.00. The second kappa shape index (κ2) is 5.22. The van der Waals surface area contributed by atoms with Gasteiger partial charge in [0.25, 0.3) is 0 Å². The monoisotopic (exact) mass is 243 g/mol. The van der Waals surface area contributed by atoms with Gasteiger partial charge < -0.3 is 19.8 Å². The molecule has 2 fully saturated rings. The fourth-order valence-corrected chi connectivity index (χ4v) is 3.35. The molecule has 0 aromatic heterocycles. The highest BCUT2D eigenvalue weighted by Gasteiger charge is 2.52. The van der Waals surface area contributed by atoms with Crippen LogP contribution in [0.3, 0.4) is 0 Å². The number of aliphatic hydroxyl groups is 2. The Morgan fingerprint density at radius 1 is 1.29 bits per heavy atom. The van der Waals surface area contributed by atoms with Crippen LogP contribution in [0.25, 0.3) is 0 Å². The summed E-state index contributed by atoms with van der Waals surface area (Å²) in [6.07, 6.45) is 3.60. The van der Waals surface area contributed by atoms with Gasteiger partial charge in [-0.05, 0) is 38.8 Å². The van der Waals surface area contributed by atoms with E-state index in [0.717, 1.165) is 51.9 Å². The van der Waals surface area contributed by atoms with Gasteiger partial charge in [0, 0.05) is 18.6 Å². The summed E-state index contributed by atoms with van der Waals surface area (Å²) in [4.78, 5) is 2.33. The van der Waals surface area contributed by atoms with Crippen LogP contribution in [-0.2, 0) is 4.74 Å². The Balaban J connectivity index is 2.16. The third-order valence-corrected chi connectivity index (χ3v) is 4.61. The Morgan fingerprint density at radius 3 is 2.71 bits per heavy atom. The van der Waals surface area contributed by atoms with Crippen molar-refractivity contribution in [2.45, 2.75) is 38.2 Å². The molecule has 4 nitrogen and oxygen atoms in total. The Kier molecular flexibility index (Phi) is 4.08. The molecular formula is C13H25NO3. The Morgan fingerprint density at radius 2 is 2.12 bits per heavy atom. The average molecular weight is 243 g/mol. The van der Waals surface area contributed by atoms with E-state index in [2.05, 4.69) is 11.8 Å². The third kappa shape index (κ3) is 2.36. The smallest absolute Gasteiger partial charge is 0.0970 e. The minimum atomic E-state index is -0.839. The molecule has 2 saturated heterocycles. The molecule has 0 aliphatic carbocycles. The van der Waals surface area contributed by atoms with Crippen molar-refractivity contribution in [2.24, 2.45) is 5.41 Å². The lowest BCUT2D eigenvalue weighted by Crippen LogP contribution is -2.62. The van der Waals surface area contributed by atoms with Crippen LogP contribution in [0.4, 0.5) is 0 Å². The number of ether oxygens (including phenoxy) is 1. The van der Waals surface area contributed by atoms with Crippen LogP contribution in [-0.4, -0.2) is 60.2 Å². The molecule has 0 spiro atoms. The van der Waals surface area contributed by atoms with Crippen molar-refractivity contribution in [2.75, 3.05) is 39.5 Å². The molecule has 100 valence electrons. The van der Waals surface area contributed by atoms with Crippen molar-refractivity contribution in [3.63, 3.8) is 0 Å². The second-order valence-electron chi connectivity index (χ2n) is 5.60. The summed E-state index contributed by atoms with van der Waals surface area (Å²) in [7, 11) is 0. The summed E-state index contributed by atoms with van der Waals surface area (Å²) in [5, 5.41) is 20.7. The quantitative estimate of drug-likeness (QED) is 0.763. The van der Waals surface area contributed by atoms with Crippen LogP contribution in [0, 0.1) is 5.41 Å². The molecule has 0 aromatic carbocycles. The largest absolute Gasteiger partial charge is 0.396 e. The zero-order valence-electron chi connectivity index (χ0n) is 10.8. The number of aliphatic hydroxyl groups excluding tert-OH is 1. The maximum absolute atomic E-state index is 10.8. The van der Waals surface area contributed by atoms with Crippen LogP contribution in [0.15, 0.2) is 0 Å². The number of hydrogen-bond donors (Lipinski definition) is 2. The van der Waals surface area contributed by atoms with E-state index >= 15 is 0 Å². The van der Waals surface area contributed by atoms with E-state index < -0.39 is 5.60 Å². The van der Waals surface area contributed by atoms with Gasteiger partial charge in [0.2, 0.25) is 0 Å². The topological polar surface area (TPSA) is 52.9 Å². The number of nitrogens with zero attached hydrogens (tertiary/aromatic N) is 1. The lowest BCUT2D eigenvalue weighted by molar-refractivity contribution is -0.192. The van der Waals surface area contributed by atoms with Gasteiger partial charge in [-0.1, -0.05) is 6.92 Å². The van der Waals surface area contributed by atoms with Crippen LogP contribution >= 0.6 is 0 Å². The molecule has 2 rings (SSSR count). The summed E-state index contributed by atoms with van der Waals surface area (Å²) >= 11 is 0. The van der Waals surface area contributed by atoms with E-state index in [-0.39, 0.29) is 12.0 Å². The summed E-state index contributed by atoms with van der Waals surface area (Å²) in [6, 6.07) is 0. The molecule has 2 aliphatic heterocycles. The predicted molar refractivity (Wildman–Crippen MR) is 65.9 cm³/mol. The zero-order chi connectivity index (χ0) is 12.4. The molecule has 2 atom stereocenters. The van der Waals surface area contributed by atoms with E-state index in [0.29, 0.717) is 6.61 Å². The third-order valence-electron chi connectivity index (χ3n) is 4.61. The molecule has 0 aromatic rings. The van der Waals surface area contributed by atoms with Crippen LogP contribution < -0.4 is 0 Å². The number of likely N-dealkylation sites (tertiary alicyclic amines) is 1. The van der Waals surface area contributed by atoms with Gasteiger partial charge in [-0.2, -0.15) is 0 Å². The highest BCUT2D eigenvalue weighted by molar-refractivity contribution is 5.03. The zero-order valence-corrected chi connectivity index (χ0v) is 10.8. The van der Waals surface area contributed by atoms with Gasteiger partial charge in [-0.15, -0.1) is 0 Å². The van der Waals surface area contributed by atoms with E-state index in [4.69, 9.17) is 4.74 Å². The van der Waals surface area contributed by atoms with Gasteiger partial charge in [-0.3, -0.25) is 0 Å². The van der Waals surface area contributed by atoms with Gasteiger partial charge in [0.1, 0.15) is 0 Å². The summed E-state index contributed by atoms with van der Waals surface area (Å²) in [6.45, 7) is 6.17. The van der Waals surface area contributed by atoms with Crippen molar-refractivity contribution in [3.8, 4) is 0 Å². The number of hydrogen-bond acceptors (Lipinski definition) is 4. The lowest BCUT2D eigenvalue weighted by Gasteiger charge is -2.52. The molecule has 0 amide bonds. The van der Waals surface area contributed by atoms with Crippen molar-refractivity contribution in [1.29, 1.82) is 0 Å². The highest BCUT2D eigenvalue weighted by Crippen LogP contribution is 2.43. The highest BCUT2D eigenvalue weighted by atomic mass is 16.5. The molecule has 0 saturated carbocycles. The number of rotatable bonds is 3. The van der Waals surface area contributed by atoms with E-state index in [1.54, 1.807) is 0 Å². The molecule has 17 heavy (non-hydrogen) atoms. The van der Waals surface area contributed by atoms with Crippen molar-refractivity contribution < 1.29 is 14.9 Å². The van der Waals surface area contributed by atoms with Crippen LogP contribution in [0.5, 0.6) is 0 Å². The van der Waals surface area contributed by atoms with Gasteiger partial charge in [0.15, 0.2) is 0 Å². The SMILES string of the molecule is CCN1CCCC(CO)(C2(O)CCCOC2)C1. The molecule has 4 heteroatoms. The van der Waals surface area contributed by atoms with E-state index in [1.165, 1.54) is 0 Å². The van der Waals surface area contributed by atoms with Crippen molar-refractivity contribution in [1.82, 2.24) is 4.90 Å². The maximum Gasteiger partial charge on any atom is 0.0970 e. The lowest BCUT2D eigenvalue weighted by atomic mass is 9.65. The predicted octanol–water partition coefficient (Wildman–Crippen LogP) is 0.622. The van der Waals surface area contributed by atoms with Gasteiger partial charge in [0.05, 0.1) is 18.8 Å². The second-order valence-corrected chi connectivity index (χ2v) is 5.60. The first kappa shape index (κ1) is 13.3. The Labute approximate surface area is 104 Å². The van der Waals surface area contributed by atoms with E-state index in [1.807, 2.05) is 0 Å². The number of piperidine rings is 1. The summed E-state index contributed by atoms with van der Waals surface area (Å²) in [5.41, 5.74) is -1.23. The standard InChI is InChI=1S/C13H25NO3/c1-2-14-7-3-5-12(9-14,10-15)13(16)6-4-8-17-11-13/h15-16H,2-11H2,1H3. The molecular weight excluding hydrogens is 218 g/mol. The van der Waals surface area contributed by atoms with Gasteiger partial charge >= 0.3 is 0 Å².